The zero-order valence-corrected chi connectivity index (χ0v) is 9.65. The molecule has 8 nitrogen and oxygen atoms in total. The van der Waals surface area contributed by atoms with Crippen molar-refractivity contribution >= 4 is 17.9 Å². The summed E-state index contributed by atoms with van der Waals surface area (Å²) in [7, 11) is 2.12. The first-order valence-electron chi connectivity index (χ1n) is 4.92. The number of aliphatic hydroxyl groups is 1. The zero-order chi connectivity index (χ0) is 13.9. The Kier molecular flexibility index (Phi) is 4.23. The van der Waals surface area contributed by atoms with Gasteiger partial charge in [-0.1, -0.05) is 0 Å². The first-order valence-corrected chi connectivity index (χ1v) is 4.92. The number of carbonyl (C=O) groups excluding carboxylic acids is 3. The average Bonchev–Trinajstić information content (AvgIpc) is 3.09. The lowest BCUT2D eigenvalue weighted by atomic mass is 10.2. The van der Waals surface area contributed by atoms with E-state index in [1.165, 1.54) is 6.07 Å². The largest absolute Gasteiger partial charge is 0.469 e. The smallest absolute Gasteiger partial charge is 0.417 e. The minimum atomic E-state index is -1.48. The molecule has 4 atom stereocenters. The molecule has 0 aromatic rings. The standard InChI is InChI=1S/C10H11NO7/c1-16-8(13)6-5(4(12)3-11)7(6)18-10(15)9(14)17-2/h4-7,12H,1-2H3/t4-,5-,6-,7-/m0/s1. The van der Waals surface area contributed by atoms with Crippen molar-refractivity contribution < 1.29 is 33.7 Å². The van der Waals surface area contributed by atoms with Crippen LogP contribution >= 0.6 is 0 Å². The minimum absolute atomic E-state index is 0.725. The average molecular weight is 257 g/mol. The van der Waals surface area contributed by atoms with Crippen LogP contribution in [0.1, 0.15) is 0 Å². The molecule has 18 heavy (non-hydrogen) atoms. The van der Waals surface area contributed by atoms with Gasteiger partial charge in [-0.15, -0.1) is 0 Å². The Hall–Kier alpha value is -2.14. The Morgan fingerprint density at radius 1 is 1.22 bits per heavy atom. The fraction of sp³-hybridized carbons (Fsp3) is 0.600. The molecule has 1 N–H and O–H groups in total. The Labute approximate surface area is 102 Å². The summed E-state index contributed by atoms with van der Waals surface area (Å²) in [4.78, 5) is 33.2. The third-order valence-electron chi connectivity index (χ3n) is 2.57. The summed E-state index contributed by atoms with van der Waals surface area (Å²) >= 11 is 0. The van der Waals surface area contributed by atoms with Crippen LogP contribution in [0.2, 0.25) is 0 Å². The molecule has 0 aromatic carbocycles. The molecular weight excluding hydrogens is 246 g/mol. The van der Waals surface area contributed by atoms with E-state index in [2.05, 4.69) is 14.2 Å². The highest BCUT2D eigenvalue weighted by Gasteiger charge is 2.62. The summed E-state index contributed by atoms with van der Waals surface area (Å²) in [5, 5.41) is 17.9. The molecule has 0 spiro atoms. The zero-order valence-electron chi connectivity index (χ0n) is 9.65. The second-order valence-corrected chi connectivity index (χ2v) is 3.56. The third-order valence-corrected chi connectivity index (χ3v) is 2.57. The predicted octanol–water partition coefficient (Wildman–Crippen LogP) is -1.63. The summed E-state index contributed by atoms with van der Waals surface area (Å²) in [6.45, 7) is 0. The first-order chi connectivity index (χ1) is 8.47. The van der Waals surface area contributed by atoms with E-state index in [0.717, 1.165) is 14.2 Å². The number of nitrogens with zero attached hydrogens (tertiary/aromatic N) is 1. The maximum Gasteiger partial charge on any atom is 0.417 e. The lowest BCUT2D eigenvalue weighted by Gasteiger charge is -2.02. The van der Waals surface area contributed by atoms with Crippen LogP contribution in [0.3, 0.4) is 0 Å². The van der Waals surface area contributed by atoms with E-state index in [-0.39, 0.29) is 0 Å². The molecule has 1 fully saturated rings. The normalized spacial score (nSPS) is 26.4. The van der Waals surface area contributed by atoms with E-state index in [9.17, 15) is 19.5 Å². The van der Waals surface area contributed by atoms with Crippen LogP contribution in [0, 0.1) is 23.2 Å². The molecular formula is C10H11NO7. The number of aliphatic hydroxyl groups excluding tert-OH is 1. The van der Waals surface area contributed by atoms with E-state index in [1.54, 1.807) is 0 Å². The lowest BCUT2D eigenvalue weighted by Crippen LogP contribution is -2.22. The lowest BCUT2D eigenvalue weighted by molar-refractivity contribution is -0.167. The van der Waals surface area contributed by atoms with E-state index in [0.29, 0.717) is 0 Å². The molecule has 1 aliphatic carbocycles. The Bertz CT molecular complexity index is 413. The van der Waals surface area contributed by atoms with E-state index in [1.807, 2.05) is 0 Å². The van der Waals surface area contributed by atoms with Gasteiger partial charge in [-0.25, -0.2) is 9.59 Å². The molecule has 8 heteroatoms. The second kappa shape index (κ2) is 5.46. The number of hydrogen-bond acceptors (Lipinski definition) is 8. The number of ether oxygens (including phenoxy) is 3. The maximum absolute atomic E-state index is 11.3. The molecule has 0 heterocycles. The SMILES string of the molecule is COC(=O)C(=O)O[C@@H]1[C@@H](C(=O)OC)[C@@H]1[C@@H](O)C#N. The summed E-state index contributed by atoms with van der Waals surface area (Å²) in [5.74, 6) is -5.08. The van der Waals surface area contributed by atoms with Crippen LogP contribution in [0.4, 0.5) is 0 Å². The van der Waals surface area contributed by atoms with Crippen molar-refractivity contribution in [3.05, 3.63) is 0 Å². The van der Waals surface area contributed by atoms with Crippen molar-refractivity contribution in [2.45, 2.75) is 12.2 Å². The summed E-state index contributed by atoms with van der Waals surface area (Å²) in [6.07, 6.45) is -2.54. The molecule has 0 aliphatic heterocycles. The van der Waals surface area contributed by atoms with Gasteiger partial charge in [-0.3, -0.25) is 4.79 Å². The first kappa shape index (κ1) is 13.9. The number of carbonyl (C=O) groups is 3. The second-order valence-electron chi connectivity index (χ2n) is 3.56. The Morgan fingerprint density at radius 2 is 1.83 bits per heavy atom. The van der Waals surface area contributed by atoms with Gasteiger partial charge in [0.2, 0.25) is 0 Å². The van der Waals surface area contributed by atoms with Crippen molar-refractivity contribution in [2.24, 2.45) is 11.8 Å². The topological polar surface area (TPSA) is 123 Å². The van der Waals surface area contributed by atoms with Crippen molar-refractivity contribution in [1.29, 1.82) is 5.26 Å². The molecule has 1 aliphatic rings. The maximum atomic E-state index is 11.3. The van der Waals surface area contributed by atoms with Gasteiger partial charge >= 0.3 is 17.9 Å². The van der Waals surface area contributed by atoms with Crippen LogP contribution in [0.25, 0.3) is 0 Å². The van der Waals surface area contributed by atoms with Crippen LogP contribution in [-0.2, 0) is 28.6 Å². The molecule has 0 saturated heterocycles. The van der Waals surface area contributed by atoms with Crippen LogP contribution in [0.5, 0.6) is 0 Å². The highest BCUT2D eigenvalue weighted by Crippen LogP contribution is 2.45. The predicted molar refractivity (Wildman–Crippen MR) is 52.5 cm³/mol. The molecule has 0 radical (unpaired) electrons. The summed E-state index contributed by atoms with van der Waals surface area (Å²) in [5.41, 5.74) is 0. The summed E-state index contributed by atoms with van der Waals surface area (Å²) in [6, 6.07) is 1.52. The number of nitriles is 1. The third kappa shape index (κ3) is 2.57. The molecule has 1 rings (SSSR count). The highest BCUT2D eigenvalue weighted by molar-refractivity contribution is 6.29. The van der Waals surface area contributed by atoms with Crippen LogP contribution in [-0.4, -0.2) is 49.4 Å². The van der Waals surface area contributed by atoms with E-state index >= 15 is 0 Å². The van der Waals surface area contributed by atoms with Crippen molar-refractivity contribution in [3.63, 3.8) is 0 Å². The van der Waals surface area contributed by atoms with Gasteiger partial charge in [0.25, 0.3) is 0 Å². The van der Waals surface area contributed by atoms with Crippen LogP contribution < -0.4 is 0 Å². The molecule has 98 valence electrons. The van der Waals surface area contributed by atoms with Gasteiger partial charge in [0.15, 0.2) is 0 Å². The van der Waals surface area contributed by atoms with Gasteiger partial charge in [0.05, 0.1) is 26.2 Å². The van der Waals surface area contributed by atoms with Crippen LogP contribution in [0.15, 0.2) is 0 Å². The molecule has 0 amide bonds. The molecule has 0 aromatic heterocycles. The quantitative estimate of drug-likeness (QED) is 0.277. The van der Waals surface area contributed by atoms with Gasteiger partial charge in [-0.05, 0) is 0 Å². The monoisotopic (exact) mass is 257 g/mol. The van der Waals surface area contributed by atoms with Crippen molar-refractivity contribution in [2.75, 3.05) is 14.2 Å². The van der Waals surface area contributed by atoms with Gasteiger partial charge in [0, 0.05) is 0 Å². The fourth-order valence-electron chi connectivity index (χ4n) is 1.60. The summed E-state index contributed by atoms with van der Waals surface area (Å²) < 4.78 is 13.2. The minimum Gasteiger partial charge on any atom is -0.469 e. The molecule has 1 saturated carbocycles. The van der Waals surface area contributed by atoms with E-state index < -0.39 is 42.0 Å². The number of esters is 3. The van der Waals surface area contributed by atoms with Gasteiger partial charge in [0.1, 0.15) is 18.1 Å². The van der Waals surface area contributed by atoms with Crippen molar-refractivity contribution in [3.8, 4) is 6.07 Å². The Morgan fingerprint density at radius 3 is 2.28 bits per heavy atom. The molecule has 0 bridgehead atoms. The van der Waals surface area contributed by atoms with E-state index in [4.69, 9.17) is 5.26 Å². The number of methoxy groups -OCH3 is 2. The number of hydrogen-bond donors (Lipinski definition) is 1. The van der Waals surface area contributed by atoms with Gasteiger partial charge in [-0.2, -0.15) is 5.26 Å². The molecule has 0 unspecified atom stereocenters. The van der Waals surface area contributed by atoms with Gasteiger partial charge < -0.3 is 19.3 Å². The fourth-order valence-corrected chi connectivity index (χ4v) is 1.60. The number of rotatable bonds is 3. The Balaban J connectivity index is 2.70. The van der Waals surface area contributed by atoms with Crippen molar-refractivity contribution in [1.82, 2.24) is 0 Å². The highest BCUT2D eigenvalue weighted by atomic mass is 16.6.